The summed E-state index contributed by atoms with van der Waals surface area (Å²) in [6, 6.07) is 16.4. The van der Waals surface area contributed by atoms with Gasteiger partial charge >= 0.3 is 0 Å². The quantitative estimate of drug-likeness (QED) is 0.634. The van der Waals surface area contributed by atoms with Crippen LogP contribution in [-0.2, 0) is 4.79 Å². The molecule has 0 radical (unpaired) electrons. The average molecular weight is 317 g/mol. The van der Waals surface area contributed by atoms with Gasteiger partial charge in [-0.3, -0.25) is 4.79 Å². The number of halogens is 1. The number of aliphatic hydroxyl groups excluding tert-OH is 1. The lowest BCUT2D eigenvalue weighted by Gasteiger charge is -2.09. The van der Waals surface area contributed by atoms with E-state index in [1.54, 1.807) is 12.1 Å². The second kappa shape index (κ2) is 8.32. The summed E-state index contributed by atoms with van der Waals surface area (Å²) in [6.45, 7) is 0. The zero-order valence-electron chi connectivity index (χ0n) is 11.9. The van der Waals surface area contributed by atoms with Gasteiger partial charge in [-0.15, -0.1) is 0 Å². The number of carbonyl (C=O) groups excluding carboxylic acids is 1. The Hall–Kier alpha value is -2.17. The first kappa shape index (κ1) is 16.2. The largest absolute Gasteiger partial charge is 0.388 e. The first-order valence-corrected chi connectivity index (χ1v) is 7.33. The molecular weight excluding hydrogens is 300 g/mol. The maximum Gasteiger partial charge on any atom is 0.240 e. The molecule has 0 heterocycles. The number of aliphatic hydroxyl groups is 1. The van der Waals surface area contributed by atoms with Crippen molar-refractivity contribution in [2.24, 2.45) is 5.10 Å². The van der Waals surface area contributed by atoms with Crippen molar-refractivity contribution in [3.05, 3.63) is 70.7 Å². The van der Waals surface area contributed by atoms with Crippen molar-refractivity contribution in [1.29, 1.82) is 0 Å². The lowest BCUT2D eigenvalue weighted by Crippen LogP contribution is -2.18. The van der Waals surface area contributed by atoms with Crippen LogP contribution < -0.4 is 5.43 Å². The van der Waals surface area contributed by atoms with Gasteiger partial charge in [0.1, 0.15) is 0 Å². The van der Waals surface area contributed by atoms with Crippen LogP contribution in [0.4, 0.5) is 0 Å². The SMILES string of the molecule is O=C(CCC(O)c1ccccc1)N/N=C\c1cccc(Cl)c1. The van der Waals surface area contributed by atoms with Crippen LogP contribution in [0.2, 0.25) is 5.02 Å². The van der Waals surface area contributed by atoms with Crippen LogP contribution in [0.1, 0.15) is 30.1 Å². The van der Waals surface area contributed by atoms with E-state index in [9.17, 15) is 9.90 Å². The molecule has 1 atom stereocenters. The molecule has 2 aromatic carbocycles. The van der Waals surface area contributed by atoms with E-state index in [-0.39, 0.29) is 12.3 Å². The first-order valence-electron chi connectivity index (χ1n) is 6.95. The van der Waals surface area contributed by atoms with Gasteiger partial charge in [0.15, 0.2) is 0 Å². The highest BCUT2D eigenvalue weighted by Crippen LogP contribution is 2.17. The Morgan fingerprint density at radius 1 is 1.23 bits per heavy atom. The summed E-state index contributed by atoms with van der Waals surface area (Å²) >= 11 is 5.85. The van der Waals surface area contributed by atoms with E-state index in [2.05, 4.69) is 10.5 Å². The highest BCUT2D eigenvalue weighted by molar-refractivity contribution is 6.30. The van der Waals surface area contributed by atoms with Crippen LogP contribution in [0.3, 0.4) is 0 Å². The molecule has 0 aliphatic rings. The van der Waals surface area contributed by atoms with Gasteiger partial charge in [-0.2, -0.15) is 5.10 Å². The van der Waals surface area contributed by atoms with E-state index >= 15 is 0 Å². The molecule has 2 rings (SSSR count). The second-order valence-electron chi connectivity index (χ2n) is 4.81. The third-order valence-corrected chi connectivity index (χ3v) is 3.32. The molecule has 1 amide bonds. The molecule has 0 saturated heterocycles. The minimum Gasteiger partial charge on any atom is -0.388 e. The minimum atomic E-state index is -0.649. The van der Waals surface area contributed by atoms with Gasteiger partial charge in [0.2, 0.25) is 5.91 Å². The van der Waals surface area contributed by atoms with Crippen LogP contribution in [0.5, 0.6) is 0 Å². The molecule has 4 nitrogen and oxygen atoms in total. The summed E-state index contributed by atoms with van der Waals surface area (Å²) in [5.74, 6) is -0.242. The molecule has 1 unspecified atom stereocenters. The Bertz CT molecular complexity index is 644. The van der Waals surface area contributed by atoms with E-state index in [1.807, 2.05) is 42.5 Å². The van der Waals surface area contributed by atoms with Gasteiger partial charge in [0.05, 0.1) is 12.3 Å². The molecule has 2 aromatic rings. The molecule has 22 heavy (non-hydrogen) atoms. The maximum atomic E-state index is 11.7. The zero-order valence-corrected chi connectivity index (χ0v) is 12.7. The third-order valence-electron chi connectivity index (χ3n) is 3.08. The molecule has 0 spiro atoms. The average Bonchev–Trinajstić information content (AvgIpc) is 2.53. The van der Waals surface area contributed by atoms with E-state index in [4.69, 9.17) is 11.6 Å². The minimum absolute atomic E-state index is 0.197. The Morgan fingerprint density at radius 3 is 2.73 bits per heavy atom. The molecule has 5 heteroatoms. The normalized spacial score (nSPS) is 12.3. The van der Waals surface area contributed by atoms with E-state index < -0.39 is 6.10 Å². The molecule has 0 aliphatic carbocycles. The van der Waals surface area contributed by atoms with Gasteiger partial charge in [0, 0.05) is 11.4 Å². The van der Waals surface area contributed by atoms with Crippen LogP contribution in [-0.4, -0.2) is 17.2 Å². The Balaban J connectivity index is 1.76. The molecular formula is C17H17ClN2O2. The molecule has 2 N–H and O–H groups in total. The monoisotopic (exact) mass is 316 g/mol. The molecule has 114 valence electrons. The number of carbonyl (C=O) groups is 1. The lowest BCUT2D eigenvalue weighted by molar-refractivity contribution is -0.121. The topological polar surface area (TPSA) is 61.7 Å². The number of nitrogens with zero attached hydrogens (tertiary/aromatic N) is 1. The number of hydrogen-bond donors (Lipinski definition) is 2. The fourth-order valence-corrected chi connectivity index (χ4v) is 2.13. The standard InChI is InChI=1S/C17H17ClN2O2/c18-15-8-4-5-13(11-15)12-19-20-17(22)10-9-16(21)14-6-2-1-3-7-14/h1-8,11-12,16,21H,9-10H2,(H,20,22)/b19-12-. The predicted octanol–water partition coefficient (Wildman–Crippen LogP) is 3.30. The van der Waals surface area contributed by atoms with Crippen molar-refractivity contribution >= 4 is 23.7 Å². The first-order chi connectivity index (χ1) is 10.6. The van der Waals surface area contributed by atoms with Gasteiger partial charge in [0.25, 0.3) is 0 Å². The Labute approximate surface area is 134 Å². The van der Waals surface area contributed by atoms with Gasteiger partial charge in [-0.1, -0.05) is 54.1 Å². The van der Waals surface area contributed by atoms with E-state index in [0.29, 0.717) is 11.4 Å². The Kier molecular flexibility index (Phi) is 6.13. The summed E-state index contributed by atoms with van der Waals surface area (Å²) in [4.78, 5) is 11.7. The summed E-state index contributed by atoms with van der Waals surface area (Å²) in [5, 5.41) is 14.5. The van der Waals surface area contributed by atoms with Crippen LogP contribution in [0.15, 0.2) is 59.7 Å². The number of rotatable bonds is 6. The summed E-state index contributed by atoms with van der Waals surface area (Å²) in [7, 11) is 0. The van der Waals surface area contributed by atoms with Crippen molar-refractivity contribution in [3.63, 3.8) is 0 Å². The number of amides is 1. The fourth-order valence-electron chi connectivity index (χ4n) is 1.93. The van der Waals surface area contributed by atoms with E-state index in [0.717, 1.165) is 11.1 Å². The second-order valence-corrected chi connectivity index (χ2v) is 5.25. The summed E-state index contributed by atoms with van der Waals surface area (Å²) < 4.78 is 0. The number of benzene rings is 2. The molecule has 0 aliphatic heterocycles. The number of hydrazone groups is 1. The molecule has 0 bridgehead atoms. The van der Waals surface area contributed by atoms with E-state index in [1.165, 1.54) is 6.21 Å². The third kappa shape index (κ3) is 5.31. The van der Waals surface area contributed by atoms with Crippen molar-refractivity contribution < 1.29 is 9.90 Å². The van der Waals surface area contributed by atoms with Gasteiger partial charge < -0.3 is 5.11 Å². The smallest absolute Gasteiger partial charge is 0.240 e. The molecule has 0 aromatic heterocycles. The van der Waals surface area contributed by atoms with Crippen LogP contribution in [0.25, 0.3) is 0 Å². The predicted molar refractivity (Wildman–Crippen MR) is 87.8 cm³/mol. The zero-order chi connectivity index (χ0) is 15.8. The van der Waals surface area contributed by atoms with Crippen LogP contribution in [0, 0.1) is 0 Å². The van der Waals surface area contributed by atoms with Gasteiger partial charge in [-0.05, 0) is 29.7 Å². The number of hydrogen-bond acceptors (Lipinski definition) is 3. The van der Waals surface area contributed by atoms with Crippen molar-refractivity contribution in [3.8, 4) is 0 Å². The Morgan fingerprint density at radius 2 is 2.00 bits per heavy atom. The molecule has 0 fully saturated rings. The lowest BCUT2D eigenvalue weighted by atomic mass is 10.1. The van der Waals surface area contributed by atoms with Crippen molar-refractivity contribution in [2.45, 2.75) is 18.9 Å². The molecule has 0 saturated carbocycles. The summed E-state index contributed by atoms with van der Waals surface area (Å²) in [5.41, 5.74) is 4.04. The maximum absolute atomic E-state index is 11.7. The van der Waals surface area contributed by atoms with Gasteiger partial charge in [-0.25, -0.2) is 5.43 Å². The van der Waals surface area contributed by atoms with Crippen LogP contribution >= 0.6 is 11.6 Å². The van der Waals surface area contributed by atoms with Crippen molar-refractivity contribution in [2.75, 3.05) is 0 Å². The number of nitrogens with one attached hydrogen (secondary N) is 1. The van der Waals surface area contributed by atoms with Crippen molar-refractivity contribution in [1.82, 2.24) is 5.43 Å². The fraction of sp³-hybridized carbons (Fsp3) is 0.176. The summed E-state index contributed by atoms with van der Waals surface area (Å²) in [6.07, 6.45) is 1.42. The highest BCUT2D eigenvalue weighted by atomic mass is 35.5. The highest BCUT2D eigenvalue weighted by Gasteiger charge is 2.09.